The molecular formula is C22H23ClFN5O. The lowest BCUT2D eigenvalue weighted by atomic mass is 10.1. The number of aromatic nitrogens is 2. The summed E-state index contributed by atoms with van der Waals surface area (Å²) < 4.78 is 18.7. The summed E-state index contributed by atoms with van der Waals surface area (Å²) >= 11 is 6.13. The summed E-state index contributed by atoms with van der Waals surface area (Å²) in [6.45, 7) is 2.01. The molecule has 8 heteroatoms. The number of nitrogens with zero attached hydrogens (tertiary/aromatic N) is 2. The predicted molar refractivity (Wildman–Crippen MR) is 120 cm³/mol. The monoisotopic (exact) mass is 427 g/mol. The molecule has 2 aromatic carbocycles. The van der Waals surface area contributed by atoms with Crippen LogP contribution in [0.1, 0.15) is 25.5 Å². The molecule has 6 nitrogen and oxygen atoms in total. The van der Waals surface area contributed by atoms with Crippen molar-refractivity contribution in [2.24, 2.45) is 0 Å². The Bertz CT molecular complexity index is 1060. The van der Waals surface area contributed by atoms with Gasteiger partial charge in [-0.25, -0.2) is 14.4 Å². The van der Waals surface area contributed by atoms with Gasteiger partial charge in [-0.15, -0.1) is 0 Å². The van der Waals surface area contributed by atoms with E-state index in [1.165, 1.54) is 12.1 Å². The molecule has 3 N–H and O–H groups in total. The van der Waals surface area contributed by atoms with Crippen LogP contribution in [0.15, 0.2) is 42.5 Å². The Kier molecular flexibility index (Phi) is 6.84. The van der Waals surface area contributed by atoms with Crippen LogP contribution in [0.3, 0.4) is 0 Å². The van der Waals surface area contributed by atoms with Crippen LogP contribution in [0.4, 0.5) is 21.6 Å². The van der Waals surface area contributed by atoms with Crippen molar-refractivity contribution in [3.05, 3.63) is 59.0 Å². The Morgan fingerprint density at radius 1 is 1.17 bits per heavy atom. The lowest BCUT2D eigenvalue weighted by Gasteiger charge is -2.17. The molecule has 0 saturated carbocycles. The smallest absolute Gasteiger partial charge is 0.162 e. The van der Waals surface area contributed by atoms with Crippen molar-refractivity contribution in [3.63, 3.8) is 0 Å². The predicted octanol–water partition coefficient (Wildman–Crippen LogP) is 5.90. The maximum Gasteiger partial charge on any atom is 0.162 e. The molecule has 0 radical (unpaired) electrons. The molecule has 30 heavy (non-hydrogen) atoms. The second-order valence-corrected chi connectivity index (χ2v) is 6.99. The Balaban J connectivity index is 2.13. The van der Waals surface area contributed by atoms with E-state index in [9.17, 15) is 4.39 Å². The highest BCUT2D eigenvalue weighted by molar-refractivity contribution is 6.32. The van der Waals surface area contributed by atoms with Gasteiger partial charge < -0.3 is 20.8 Å². The van der Waals surface area contributed by atoms with Gasteiger partial charge in [0, 0.05) is 24.4 Å². The van der Waals surface area contributed by atoms with E-state index in [0.717, 1.165) is 6.42 Å². The van der Waals surface area contributed by atoms with E-state index in [4.69, 9.17) is 21.7 Å². The first-order valence-electron chi connectivity index (χ1n) is 9.50. The molecule has 0 aliphatic carbocycles. The number of benzene rings is 2. The van der Waals surface area contributed by atoms with Crippen LogP contribution in [0.5, 0.6) is 5.75 Å². The van der Waals surface area contributed by atoms with Gasteiger partial charge in [0.05, 0.1) is 17.8 Å². The van der Waals surface area contributed by atoms with Gasteiger partial charge in [0.1, 0.15) is 22.9 Å². The first-order chi connectivity index (χ1) is 14.5. The van der Waals surface area contributed by atoms with Crippen molar-refractivity contribution >= 4 is 34.5 Å². The fraction of sp³-hybridized carbons (Fsp3) is 0.227. The molecule has 0 spiro atoms. The van der Waals surface area contributed by atoms with Gasteiger partial charge in [-0.2, -0.15) is 0 Å². The molecule has 0 aliphatic heterocycles. The van der Waals surface area contributed by atoms with Crippen molar-refractivity contribution in [1.82, 2.24) is 9.97 Å². The normalized spacial score (nSPS) is 10.6. The highest BCUT2D eigenvalue weighted by Crippen LogP contribution is 2.33. The zero-order chi connectivity index (χ0) is 21.7. The van der Waals surface area contributed by atoms with E-state index in [2.05, 4.69) is 20.6 Å². The fourth-order valence-electron chi connectivity index (χ4n) is 2.98. The Morgan fingerprint density at radius 3 is 2.53 bits per heavy atom. The molecule has 0 amide bonds. The lowest BCUT2D eigenvalue weighted by Crippen LogP contribution is -2.12. The zero-order valence-corrected chi connectivity index (χ0v) is 17.8. The second kappa shape index (κ2) is 9.54. The molecule has 0 atom stereocenters. The third kappa shape index (κ3) is 4.68. The Labute approximate surface area is 180 Å². The van der Waals surface area contributed by atoms with Crippen LogP contribution < -0.4 is 15.4 Å². The number of hydrogen-bond acceptors (Lipinski definition) is 6. The van der Waals surface area contributed by atoms with Crippen LogP contribution >= 0.6 is 11.6 Å². The van der Waals surface area contributed by atoms with Crippen LogP contribution in [0.2, 0.25) is 5.02 Å². The van der Waals surface area contributed by atoms with Crippen LogP contribution in [-0.2, 0) is 0 Å². The van der Waals surface area contributed by atoms with Crippen LogP contribution in [0.25, 0.3) is 11.4 Å². The zero-order valence-electron chi connectivity index (χ0n) is 17.0. The molecule has 0 aliphatic rings. The molecule has 0 fully saturated rings. The van der Waals surface area contributed by atoms with Gasteiger partial charge in [-0.3, -0.25) is 0 Å². The van der Waals surface area contributed by atoms with Gasteiger partial charge in [-0.05, 0) is 42.8 Å². The van der Waals surface area contributed by atoms with E-state index in [1.54, 1.807) is 44.5 Å². The van der Waals surface area contributed by atoms with Crippen molar-refractivity contribution in [1.29, 1.82) is 5.41 Å². The van der Waals surface area contributed by atoms with Gasteiger partial charge >= 0.3 is 0 Å². The Hall–Kier alpha value is -3.19. The highest BCUT2D eigenvalue weighted by Gasteiger charge is 2.18. The molecule has 1 heterocycles. The van der Waals surface area contributed by atoms with E-state index < -0.39 is 0 Å². The number of ether oxygens (including phenoxy) is 1. The van der Waals surface area contributed by atoms with E-state index in [1.807, 2.05) is 6.92 Å². The summed E-state index contributed by atoms with van der Waals surface area (Å²) in [6, 6.07) is 11.2. The van der Waals surface area contributed by atoms with Crippen LogP contribution in [0, 0.1) is 11.2 Å². The van der Waals surface area contributed by atoms with Crippen molar-refractivity contribution in [3.8, 4) is 17.1 Å². The van der Waals surface area contributed by atoms with E-state index >= 15 is 0 Å². The SMILES string of the molecule is CCCC(=N)c1nc(-c2ccc(F)cc2)nc(Nc2ccc(Cl)c(OC)c2)c1NC. The summed E-state index contributed by atoms with van der Waals surface area (Å²) in [7, 11) is 3.30. The number of nitrogens with one attached hydrogen (secondary N) is 3. The first kappa shape index (κ1) is 21.5. The molecule has 0 bridgehead atoms. The number of rotatable bonds is 8. The van der Waals surface area contributed by atoms with Crippen molar-refractivity contribution in [2.75, 3.05) is 24.8 Å². The molecular weight excluding hydrogens is 405 g/mol. The third-order valence-corrected chi connectivity index (χ3v) is 4.77. The summed E-state index contributed by atoms with van der Waals surface area (Å²) in [5, 5.41) is 15.3. The fourth-order valence-corrected chi connectivity index (χ4v) is 3.17. The minimum absolute atomic E-state index is 0.337. The molecule has 3 rings (SSSR count). The summed E-state index contributed by atoms with van der Waals surface area (Å²) in [5.74, 6) is 1.08. The topological polar surface area (TPSA) is 82.9 Å². The summed E-state index contributed by atoms with van der Waals surface area (Å²) in [6.07, 6.45) is 1.39. The number of halogens is 2. The van der Waals surface area contributed by atoms with E-state index in [-0.39, 0.29) is 5.82 Å². The van der Waals surface area contributed by atoms with Gasteiger partial charge in [0.2, 0.25) is 0 Å². The van der Waals surface area contributed by atoms with Crippen molar-refractivity contribution < 1.29 is 9.13 Å². The Morgan fingerprint density at radius 2 is 1.90 bits per heavy atom. The number of anilines is 3. The lowest BCUT2D eigenvalue weighted by molar-refractivity contribution is 0.415. The largest absolute Gasteiger partial charge is 0.495 e. The minimum atomic E-state index is -0.337. The van der Waals surface area contributed by atoms with Crippen molar-refractivity contribution in [2.45, 2.75) is 19.8 Å². The maximum atomic E-state index is 13.4. The number of hydrogen-bond donors (Lipinski definition) is 3. The van der Waals surface area contributed by atoms with Gasteiger partial charge in [0.15, 0.2) is 11.6 Å². The average molecular weight is 428 g/mol. The summed E-state index contributed by atoms with van der Waals surface area (Å²) in [5.41, 5.74) is 2.86. The van der Waals surface area contributed by atoms with Gasteiger partial charge in [-0.1, -0.05) is 24.9 Å². The van der Waals surface area contributed by atoms with E-state index in [0.29, 0.717) is 57.2 Å². The highest BCUT2D eigenvalue weighted by atomic mass is 35.5. The second-order valence-electron chi connectivity index (χ2n) is 6.58. The molecule has 3 aromatic rings. The maximum absolute atomic E-state index is 13.4. The van der Waals surface area contributed by atoms with Crippen LogP contribution in [-0.4, -0.2) is 29.8 Å². The quantitative estimate of drug-likeness (QED) is 0.390. The molecule has 1 aromatic heterocycles. The third-order valence-electron chi connectivity index (χ3n) is 4.46. The number of methoxy groups -OCH3 is 1. The average Bonchev–Trinajstić information content (AvgIpc) is 2.75. The first-order valence-corrected chi connectivity index (χ1v) is 9.88. The molecule has 0 unspecified atom stereocenters. The van der Waals surface area contributed by atoms with Gasteiger partial charge in [0.25, 0.3) is 0 Å². The standard InChI is InChI=1S/C22H23ClFN5O/c1-4-5-17(25)19-20(26-2)22(27-15-10-11-16(23)18(12-15)30-3)29-21(28-19)13-6-8-14(24)9-7-13/h6-12,25-26H,4-5H2,1-3H3,(H,27,28,29). The molecule has 156 valence electrons. The minimum Gasteiger partial charge on any atom is -0.495 e. The summed E-state index contributed by atoms with van der Waals surface area (Å²) in [4.78, 5) is 9.25. The molecule has 0 saturated heterocycles.